The summed E-state index contributed by atoms with van der Waals surface area (Å²) in [6.45, 7) is 7.18. The maximum absolute atomic E-state index is 11.9. The van der Waals surface area contributed by atoms with Crippen LogP contribution in [-0.4, -0.2) is 74.1 Å². The van der Waals surface area contributed by atoms with E-state index in [4.69, 9.17) is 4.74 Å². The van der Waals surface area contributed by atoms with Gasteiger partial charge in [0.2, 0.25) is 11.8 Å². The van der Waals surface area contributed by atoms with Crippen molar-refractivity contribution in [3.8, 4) is 0 Å². The standard InChI is InChI=1S/C14H27N3O3/c1-4-17(5-2)14(19)11-16(3)10-13(18)15-9-12-7-6-8-20-12/h12H,4-11H2,1-3H3,(H,15,18). The maximum atomic E-state index is 11.9. The van der Waals surface area contributed by atoms with Gasteiger partial charge in [0.15, 0.2) is 0 Å². The van der Waals surface area contributed by atoms with Crippen molar-refractivity contribution in [3.63, 3.8) is 0 Å². The molecule has 1 aliphatic rings. The maximum Gasteiger partial charge on any atom is 0.236 e. The highest BCUT2D eigenvalue weighted by molar-refractivity contribution is 5.81. The van der Waals surface area contributed by atoms with E-state index in [0.717, 1.165) is 19.4 Å². The largest absolute Gasteiger partial charge is 0.376 e. The number of hydrogen-bond acceptors (Lipinski definition) is 4. The van der Waals surface area contributed by atoms with E-state index >= 15 is 0 Å². The first-order valence-electron chi connectivity index (χ1n) is 7.41. The minimum atomic E-state index is -0.0599. The number of carbonyl (C=O) groups is 2. The summed E-state index contributed by atoms with van der Waals surface area (Å²) in [5.41, 5.74) is 0. The van der Waals surface area contributed by atoms with Crippen LogP contribution in [0.5, 0.6) is 0 Å². The molecule has 2 amide bonds. The summed E-state index contributed by atoms with van der Waals surface area (Å²) in [5, 5.41) is 2.86. The molecule has 0 aromatic heterocycles. The van der Waals surface area contributed by atoms with Gasteiger partial charge < -0.3 is 15.0 Å². The van der Waals surface area contributed by atoms with Gasteiger partial charge in [-0.05, 0) is 33.7 Å². The van der Waals surface area contributed by atoms with Crippen molar-refractivity contribution in [1.29, 1.82) is 0 Å². The Bertz CT molecular complexity index is 313. The molecular weight excluding hydrogens is 258 g/mol. The topological polar surface area (TPSA) is 61.9 Å². The molecule has 0 bridgehead atoms. The second kappa shape index (κ2) is 8.92. The summed E-state index contributed by atoms with van der Waals surface area (Å²) in [7, 11) is 1.78. The smallest absolute Gasteiger partial charge is 0.236 e. The van der Waals surface area contributed by atoms with Crippen LogP contribution in [-0.2, 0) is 14.3 Å². The number of ether oxygens (including phenoxy) is 1. The minimum absolute atomic E-state index is 0.0597. The summed E-state index contributed by atoms with van der Waals surface area (Å²) in [5.74, 6) is -0.000210. The fraction of sp³-hybridized carbons (Fsp3) is 0.857. The SMILES string of the molecule is CCN(CC)C(=O)CN(C)CC(=O)NCC1CCCO1. The summed E-state index contributed by atoms with van der Waals surface area (Å²) in [4.78, 5) is 27.2. The van der Waals surface area contributed by atoms with Crippen LogP contribution in [0.25, 0.3) is 0 Å². The van der Waals surface area contributed by atoms with Crippen LogP contribution < -0.4 is 5.32 Å². The summed E-state index contributed by atoms with van der Waals surface area (Å²) < 4.78 is 5.44. The molecule has 1 fully saturated rings. The van der Waals surface area contributed by atoms with Gasteiger partial charge in [0.05, 0.1) is 19.2 Å². The van der Waals surface area contributed by atoms with Crippen LogP contribution in [0.15, 0.2) is 0 Å². The molecule has 20 heavy (non-hydrogen) atoms. The average molecular weight is 285 g/mol. The van der Waals surface area contributed by atoms with Crippen molar-refractivity contribution < 1.29 is 14.3 Å². The lowest BCUT2D eigenvalue weighted by molar-refractivity contribution is -0.132. The number of carbonyl (C=O) groups excluding carboxylic acids is 2. The highest BCUT2D eigenvalue weighted by atomic mass is 16.5. The normalized spacial score (nSPS) is 18.3. The number of nitrogens with zero attached hydrogens (tertiary/aromatic N) is 2. The van der Waals surface area contributed by atoms with E-state index in [1.165, 1.54) is 0 Å². The van der Waals surface area contributed by atoms with Gasteiger partial charge >= 0.3 is 0 Å². The molecule has 0 aliphatic carbocycles. The molecule has 0 spiro atoms. The number of rotatable bonds is 8. The van der Waals surface area contributed by atoms with Crippen LogP contribution in [0.2, 0.25) is 0 Å². The van der Waals surface area contributed by atoms with Gasteiger partial charge in [-0.15, -0.1) is 0 Å². The van der Waals surface area contributed by atoms with Crippen molar-refractivity contribution in [2.24, 2.45) is 0 Å². The molecule has 1 atom stereocenters. The second-order valence-electron chi connectivity index (χ2n) is 5.18. The zero-order valence-corrected chi connectivity index (χ0v) is 12.9. The lowest BCUT2D eigenvalue weighted by atomic mass is 10.2. The van der Waals surface area contributed by atoms with E-state index in [9.17, 15) is 9.59 Å². The number of hydrogen-bond donors (Lipinski definition) is 1. The zero-order valence-electron chi connectivity index (χ0n) is 12.9. The molecule has 1 heterocycles. The molecule has 1 unspecified atom stereocenters. The van der Waals surface area contributed by atoms with E-state index < -0.39 is 0 Å². The highest BCUT2D eigenvalue weighted by Crippen LogP contribution is 2.10. The van der Waals surface area contributed by atoms with Crippen LogP contribution in [0.1, 0.15) is 26.7 Å². The van der Waals surface area contributed by atoms with Gasteiger partial charge in [-0.2, -0.15) is 0 Å². The Morgan fingerprint density at radius 2 is 1.95 bits per heavy atom. The molecule has 6 nitrogen and oxygen atoms in total. The third-order valence-electron chi connectivity index (χ3n) is 3.49. The Kier molecular flexibility index (Phi) is 7.54. The second-order valence-corrected chi connectivity index (χ2v) is 5.18. The molecule has 1 saturated heterocycles. The molecule has 1 aliphatic heterocycles. The van der Waals surface area contributed by atoms with E-state index in [-0.39, 0.29) is 31.0 Å². The van der Waals surface area contributed by atoms with Gasteiger partial charge in [-0.1, -0.05) is 0 Å². The third-order valence-corrected chi connectivity index (χ3v) is 3.49. The first kappa shape index (κ1) is 16.9. The monoisotopic (exact) mass is 285 g/mol. The summed E-state index contributed by atoms with van der Waals surface area (Å²) in [6.07, 6.45) is 2.23. The Hall–Kier alpha value is -1.14. The molecule has 1 rings (SSSR count). The molecule has 6 heteroatoms. The van der Waals surface area contributed by atoms with E-state index in [0.29, 0.717) is 19.6 Å². The lowest BCUT2D eigenvalue weighted by Crippen LogP contribution is -2.43. The van der Waals surface area contributed by atoms with Crippen LogP contribution in [0.3, 0.4) is 0 Å². The van der Waals surface area contributed by atoms with Gasteiger partial charge in [0.1, 0.15) is 0 Å². The molecule has 0 aromatic rings. The van der Waals surface area contributed by atoms with Gasteiger partial charge in [0, 0.05) is 26.2 Å². The molecule has 0 aromatic carbocycles. The van der Waals surface area contributed by atoms with E-state index in [2.05, 4.69) is 5.32 Å². The van der Waals surface area contributed by atoms with E-state index in [1.807, 2.05) is 13.8 Å². The summed E-state index contributed by atoms with van der Waals surface area (Å²) in [6, 6.07) is 0. The van der Waals surface area contributed by atoms with Crippen molar-refractivity contribution in [2.75, 3.05) is 46.4 Å². The highest BCUT2D eigenvalue weighted by Gasteiger charge is 2.18. The molecule has 0 radical (unpaired) electrons. The van der Waals surface area contributed by atoms with Crippen LogP contribution >= 0.6 is 0 Å². The van der Waals surface area contributed by atoms with Gasteiger partial charge in [0.25, 0.3) is 0 Å². The molecule has 1 N–H and O–H groups in total. The fourth-order valence-electron chi connectivity index (χ4n) is 2.30. The Morgan fingerprint density at radius 3 is 2.50 bits per heavy atom. The first-order valence-corrected chi connectivity index (χ1v) is 7.41. The number of amides is 2. The molecular formula is C14H27N3O3. The van der Waals surface area contributed by atoms with Crippen LogP contribution in [0, 0.1) is 0 Å². The van der Waals surface area contributed by atoms with Crippen molar-refractivity contribution in [1.82, 2.24) is 15.1 Å². The predicted molar refractivity (Wildman–Crippen MR) is 77.4 cm³/mol. The Labute approximate surface area is 121 Å². The predicted octanol–water partition coefficient (Wildman–Crippen LogP) is 0.0818. The fourth-order valence-corrected chi connectivity index (χ4v) is 2.30. The number of nitrogens with one attached hydrogen (secondary N) is 1. The Morgan fingerprint density at radius 1 is 1.25 bits per heavy atom. The summed E-state index contributed by atoms with van der Waals surface area (Å²) >= 11 is 0. The Balaban J connectivity index is 2.21. The molecule has 0 saturated carbocycles. The number of likely N-dealkylation sites (N-methyl/N-ethyl adjacent to an activating group) is 2. The van der Waals surface area contributed by atoms with Gasteiger partial charge in [-0.25, -0.2) is 0 Å². The van der Waals surface area contributed by atoms with Gasteiger partial charge in [-0.3, -0.25) is 14.5 Å². The zero-order chi connectivity index (χ0) is 15.0. The minimum Gasteiger partial charge on any atom is -0.376 e. The first-order chi connectivity index (χ1) is 9.56. The lowest BCUT2D eigenvalue weighted by Gasteiger charge is -2.22. The third kappa shape index (κ3) is 5.88. The van der Waals surface area contributed by atoms with Crippen molar-refractivity contribution in [2.45, 2.75) is 32.8 Å². The average Bonchev–Trinajstić information content (AvgIpc) is 2.90. The molecule has 116 valence electrons. The van der Waals surface area contributed by atoms with Crippen molar-refractivity contribution in [3.05, 3.63) is 0 Å². The van der Waals surface area contributed by atoms with Crippen molar-refractivity contribution >= 4 is 11.8 Å². The van der Waals surface area contributed by atoms with E-state index in [1.54, 1.807) is 16.8 Å². The van der Waals surface area contributed by atoms with Crippen LogP contribution in [0.4, 0.5) is 0 Å². The quantitative estimate of drug-likeness (QED) is 0.686.